The van der Waals surface area contributed by atoms with Crippen LogP contribution in [0.15, 0.2) is 0 Å². The van der Waals surface area contributed by atoms with E-state index in [2.05, 4.69) is 0 Å². The van der Waals surface area contributed by atoms with Gasteiger partial charge in [0.2, 0.25) is 0 Å². The lowest BCUT2D eigenvalue weighted by molar-refractivity contribution is -0.138. The molecule has 0 aromatic heterocycles. The highest BCUT2D eigenvalue weighted by atomic mass is 32.2. The molecule has 2 unspecified atom stereocenters. The minimum absolute atomic E-state index is 0.0857. The Balaban J connectivity index is 1.69. The molecular formula is C12H20O6S. The number of carboxylic acid groups (broad SMARTS) is 1. The Morgan fingerprint density at radius 1 is 1.26 bits per heavy atom. The summed E-state index contributed by atoms with van der Waals surface area (Å²) in [6, 6.07) is 0. The van der Waals surface area contributed by atoms with Crippen LogP contribution in [0.3, 0.4) is 0 Å². The molecule has 0 bridgehead atoms. The van der Waals surface area contributed by atoms with E-state index in [9.17, 15) is 13.2 Å². The summed E-state index contributed by atoms with van der Waals surface area (Å²) in [5.41, 5.74) is 0. The third-order valence-corrected chi connectivity index (χ3v) is 5.41. The van der Waals surface area contributed by atoms with E-state index in [1.165, 1.54) is 0 Å². The van der Waals surface area contributed by atoms with Crippen molar-refractivity contribution in [3.05, 3.63) is 0 Å². The highest BCUT2D eigenvalue weighted by molar-refractivity contribution is 7.91. The van der Waals surface area contributed by atoms with Crippen molar-refractivity contribution in [2.45, 2.75) is 44.5 Å². The second kappa shape index (κ2) is 6.19. The summed E-state index contributed by atoms with van der Waals surface area (Å²) in [4.78, 5) is 10.5. The Morgan fingerprint density at radius 3 is 2.58 bits per heavy atom. The first kappa shape index (κ1) is 14.7. The van der Waals surface area contributed by atoms with Gasteiger partial charge >= 0.3 is 5.97 Å². The SMILES string of the molecule is O=C(O)CCC1COC(CC2CCS(=O)(=O)CC2)O1. The zero-order valence-corrected chi connectivity index (χ0v) is 11.6. The molecular weight excluding hydrogens is 272 g/mol. The van der Waals surface area contributed by atoms with Crippen LogP contribution in [0.1, 0.15) is 32.1 Å². The van der Waals surface area contributed by atoms with Gasteiger partial charge in [-0.2, -0.15) is 0 Å². The van der Waals surface area contributed by atoms with Crippen molar-refractivity contribution in [2.24, 2.45) is 5.92 Å². The molecule has 2 aliphatic heterocycles. The summed E-state index contributed by atoms with van der Waals surface area (Å²) in [6.07, 6.45) is 2.15. The van der Waals surface area contributed by atoms with E-state index in [-0.39, 0.29) is 30.3 Å². The van der Waals surface area contributed by atoms with Crippen molar-refractivity contribution in [2.75, 3.05) is 18.1 Å². The molecule has 0 saturated carbocycles. The van der Waals surface area contributed by atoms with Crippen molar-refractivity contribution in [3.8, 4) is 0 Å². The van der Waals surface area contributed by atoms with Crippen LogP contribution in [0.4, 0.5) is 0 Å². The molecule has 19 heavy (non-hydrogen) atoms. The molecule has 0 spiro atoms. The largest absolute Gasteiger partial charge is 0.481 e. The smallest absolute Gasteiger partial charge is 0.303 e. The molecule has 1 N–H and O–H groups in total. The highest BCUT2D eigenvalue weighted by Crippen LogP contribution is 2.28. The average Bonchev–Trinajstić information content (AvgIpc) is 2.77. The Morgan fingerprint density at radius 2 is 1.95 bits per heavy atom. The maximum absolute atomic E-state index is 11.3. The molecule has 2 aliphatic rings. The third kappa shape index (κ3) is 4.74. The number of ether oxygens (including phenoxy) is 2. The first-order valence-electron chi connectivity index (χ1n) is 6.64. The molecule has 2 fully saturated rings. The van der Waals surface area contributed by atoms with E-state index < -0.39 is 15.8 Å². The lowest BCUT2D eigenvalue weighted by Crippen LogP contribution is -2.26. The number of hydrogen-bond donors (Lipinski definition) is 1. The average molecular weight is 292 g/mol. The normalized spacial score (nSPS) is 31.4. The van der Waals surface area contributed by atoms with E-state index in [0.717, 1.165) is 0 Å². The summed E-state index contributed by atoms with van der Waals surface area (Å²) in [5, 5.41) is 8.60. The summed E-state index contributed by atoms with van der Waals surface area (Å²) in [7, 11) is -2.83. The van der Waals surface area contributed by atoms with Gasteiger partial charge in [0, 0.05) is 12.8 Å². The van der Waals surface area contributed by atoms with E-state index in [1.54, 1.807) is 0 Å². The zero-order valence-electron chi connectivity index (χ0n) is 10.8. The maximum atomic E-state index is 11.3. The molecule has 110 valence electrons. The van der Waals surface area contributed by atoms with Gasteiger partial charge in [-0.15, -0.1) is 0 Å². The van der Waals surface area contributed by atoms with Gasteiger partial charge in [-0.3, -0.25) is 4.79 Å². The van der Waals surface area contributed by atoms with Crippen molar-refractivity contribution in [1.29, 1.82) is 0 Å². The van der Waals surface area contributed by atoms with Crippen LogP contribution < -0.4 is 0 Å². The fourth-order valence-corrected chi connectivity index (χ4v) is 4.10. The van der Waals surface area contributed by atoms with Crippen LogP contribution in [0.2, 0.25) is 0 Å². The van der Waals surface area contributed by atoms with Gasteiger partial charge in [0.25, 0.3) is 0 Å². The molecule has 0 aliphatic carbocycles. The van der Waals surface area contributed by atoms with Crippen LogP contribution >= 0.6 is 0 Å². The van der Waals surface area contributed by atoms with Crippen LogP contribution in [-0.4, -0.2) is 50.0 Å². The van der Waals surface area contributed by atoms with E-state index in [0.29, 0.717) is 38.2 Å². The van der Waals surface area contributed by atoms with Crippen molar-refractivity contribution in [3.63, 3.8) is 0 Å². The van der Waals surface area contributed by atoms with E-state index in [1.807, 2.05) is 0 Å². The van der Waals surface area contributed by atoms with Crippen LogP contribution in [0.25, 0.3) is 0 Å². The second-order valence-corrected chi connectivity index (χ2v) is 7.59. The van der Waals surface area contributed by atoms with Gasteiger partial charge in [-0.1, -0.05) is 0 Å². The molecule has 0 aromatic rings. The van der Waals surface area contributed by atoms with Crippen molar-refractivity contribution < 1.29 is 27.8 Å². The molecule has 0 aromatic carbocycles. The number of aliphatic carboxylic acids is 1. The topological polar surface area (TPSA) is 89.9 Å². The van der Waals surface area contributed by atoms with Crippen molar-refractivity contribution in [1.82, 2.24) is 0 Å². The predicted molar refractivity (Wildman–Crippen MR) is 67.5 cm³/mol. The van der Waals surface area contributed by atoms with Gasteiger partial charge in [0.05, 0.1) is 24.2 Å². The molecule has 2 saturated heterocycles. The molecule has 0 amide bonds. The fourth-order valence-electron chi connectivity index (χ4n) is 2.51. The summed E-state index contributed by atoms with van der Waals surface area (Å²) < 4.78 is 33.8. The quantitative estimate of drug-likeness (QED) is 0.806. The van der Waals surface area contributed by atoms with Crippen molar-refractivity contribution >= 4 is 15.8 Å². The highest BCUT2D eigenvalue weighted by Gasteiger charge is 2.31. The number of carboxylic acids is 1. The van der Waals surface area contributed by atoms with Gasteiger partial charge < -0.3 is 14.6 Å². The zero-order chi connectivity index (χ0) is 13.9. The lowest BCUT2D eigenvalue weighted by Gasteiger charge is -2.23. The van der Waals surface area contributed by atoms with E-state index >= 15 is 0 Å². The molecule has 2 heterocycles. The van der Waals surface area contributed by atoms with Crippen LogP contribution in [-0.2, 0) is 24.1 Å². The second-order valence-electron chi connectivity index (χ2n) is 5.28. The molecule has 6 nitrogen and oxygen atoms in total. The summed E-state index contributed by atoms with van der Waals surface area (Å²) in [6.45, 7) is 0.433. The fraction of sp³-hybridized carbons (Fsp3) is 0.917. The Hall–Kier alpha value is -0.660. The number of hydrogen-bond acceptors (Lipinski definition) is 5. The third-order valence-electron chi connectivity index (χ3n) is 3.69. The Labute approximate surface area is 113 Å². The van der Waals surface area contributed by atoms with E-state index in [4.69, 9.17) is 14.6 Å². The number of sulfone groups is 1. The first-order chi connectivity index (χ1) is 8.94. The summed E-state index contributed by atoms with van der Waals surface area (Å²) >= 11 is 0. The van der Waals surface area contributed by atoms with Crippen LogP contribution in [0.5, 0.6) is 0 Å². The van der Waals surface area contributed by atoms with Gasteiger partial charge in [-0.25, -0.2) is 8.42 Å². The number of rotatable bonds is 5. The standard InChI is InChI=1S/C12H20O6S/c13-11(14)2-1-10-8-17-12(18-10)7-9-3-5-19(15,16)6-4-9/h9-10,12H,1-8H2,(H,13,14). The lowest BCUT2D eigenvalue weighted by atomic mass is 9.99. The maximum Gasteiger partial charge on any atom is 0.303 e. The number of carbonyl (C=O) groups is 1. The van der Waals surface area contributed by atoms with Gasteiger partial charge in [-0.05, 0) is 25.2 Å². The predicted octanol–water partition coefficient (Wildman–Crippen LogP) is 0.808. The Kier molecular flexibility index (Phi) is 4.81. The van der Waals surface area contributed by atoms with Crippen LogP contribution in [0, 0.1) is 5.92 Å². The van der Waals surface area contributed by atoms with Gasteiger partial charge in [0.1, 0.15) is 9.84 Å². The molecule has 0 radical (unpaired) electrons. The van der Waals surface area contributed by atoms with Gasteiger partial charge in [0.15, 0.2) is 6.29 Å². The summed E-state index contributed by atoms with van der Waals surface area (Å²) in [5.74, 6) is 0.0101. The molecule has 2 atom stereocenters. The Bertz CT molecular complexity index is 404. The molecule has 7 heteroatoms. The monoisotopic (exact) mass is 292 g/mol. The molecule has 2 rings (SSSR count). The minimum Gasteiger partial charge on any atom is -0.481 e. The minimum atomic E-state index is -2.83. The first-order valence-corrected chi connectivity index (χ1v) is 8.46.